The minimum Gasteiger partial charge on any atom is -0.370 e. The Kier molecular flexibility index (Phi) is 7.11. The van der Waals surface area contributed by atoms with Gasteiger partial charge in [0.25, 0.3) is 0 Å². The van der Waals surface area contributed by atoms with E-state index in [0.29, 0.717) is 38.6 Å². The van der Waals surface area contributed by atoms with Crippen LogP contribution < -0.4 is 5.32 Å². The molecule has 0 saturated carbocycles. The van der Waals surface area contributed by atoms with Crippen molar-refractivity contribution < 1.29 is 17.9 Å². The summed E-state index contributed by atoms with van der Waals surface area (Å²) in [5, 5.41) is 3.17. The number of benzene rings is 1. The molecule has 0 aromatic heterocycles. The van der Waals surface area contributed by atoms with Gasteiger partial charge < -0.3 is 15.0 Å². The third kappa shape index (κ3) is 6.23. The molecule has 0 spiro atoms. The largest absolute Gasteiger partial charge is 0.389 e. The molecule has 25 heavy (non-hydrogen) atoms. The molecule has 1 atom stereocenters. The van der Waals surface area contributed by atoms with E-state index < -0.39 is 12.6 Å². The van der Waals surface area contributed by atoms with Gasteiger partial charge >= 0.3 is 6.18 Å². The van der Waals surface area contributed by atoms with Crippen LogP contribution in [-0.2, 0) is 4.74 Å². The van der Waals surface area contributed by atoms with E-state index in [0.717, 1.165) is 5.56 Å². The molecule has 4 nitrogen and oxygen atoms in total. The second-order valence-electron chi connectivity index (χ2n) is 6.21. The Morgan fingerprint density at radius 2 is 2.08 bits per heavy atom. The molecular weight excluding hydrogens is 331 g/mol. The van der Waals surface area contributed by atoms with E-state index in [9.17, 15) is 13.2 Å². The molecule has 0 aliphatic carbocycles. The summed E-state index contributed by atoms with van der Waals surface area (Å²) in [6, 6.07) is 8.13. The molecule has 1 aromatic rings. The quantitative estimate of drug-likeness (QED) is 0.496. The number of ether oxygens (including phenoxy) is 1. The van der Waals surface area contributed by atoms with Gasteiger partial charge in [-0.05, 0) is 30.9 Å². The highest BCUT2D eigenvalue weighted by molar-refractivity contribution is 5.80. The molecule has 1 fully saturated rings. The Hall–Kier alpha value is -1.76. The molecular formula is C18H26F3N3O. The number of aryl methyl sites for hydroxylation is 1. The molecule has 1 unspecified atom stereocenters. The van der Waals surface area contributed by atoms with Crippen LogP contribution in [0, 0.1) is 6.92 Å². The lowest BCUT2D eigenvalue weighted by Crippen LogP contribution is -2.48. The van der Waals surface area contributed by atoms with Crippen molar-refractivity contribution in [1.29, 1.82) is 0 Å². The highest BCUT2D eigenvalue weighted by atomic mass is 19.4. The first kappa shape index (κ1) is 19.6. The van der Waals surface area contributed by atoms with Gasteiger partial charge in [0.05, 0.1) is 13.2 Å². The summed E-state index contributed by atoms with van der Waals surface area (Å²) in [6.45, 7) is 4.52. The Balaban J connectivity index is 1.85. The lowest BCUT2D eigenvalue weighted by Gasteiger charge is -2.35. The van der Waals surface area contributed by atoms with Gasteiger partial charge in [-0.3, -0.25) is 4.99 Å². The summed E-state index contributed by atoms with van der Waals surface area (Å²) < 4.78 is 42.4. The molecule has 0 amide bonds. The van der Waals surface area contributed by atoms with Gasteiger partial charge in [0.1, 0.15) is 6.10 Å². The summed E-state index contributed by atoms with van der Waals surface area (Å²) in [5.41, 5.74) is 2.34. The van der Waals surface area contributed by atoms with Crippen LogP contribution in [0.25, 0.3) is 0 Å². The maximum absolute atomic E-state index is 12.2. The van der Waals surface area contributed by atoms with Crippen LogP contribution >= 0.6 is 0 Å². The zero-order valence-electron chi connectivity index (χ0n) is 14.8. The topological polar surface area (TPSA) is 36.9 Å². The summed E-state index contributed by atoms with van der Waals surface area (Å²) in [6.07, 6.45) is -4.25. The molecule has 1 aliphatic heterocycles. The Labute approximate surface area is 147 Å². The normalized spacial score (nSPS) is 19.2. The monoisotopic (exact) mass is 357 g/mol. The molecule has 140 valence electrons. The number of unbranched alkanes of at least 4 members (excludes halogenated alkanes) is 1. The third-order valence-corrected chi connectivity index (χ3v) is 4.28. The number of alkyl halides is 3. The number of nitrogens with one attached hydrogen (secondary N) is 1. The van der Waals surface area contributed by atoms with Gasteiger partial charge in [-0.25, -0.2) is 0 Å². The van der Waals surface area contributed by atoms with Crippen molar-refractivity contribution >= 4 is 5.96 Å². The zero-order valence-corrected chi connectivity index (χ0v) is 14.8. The highest BCUT2D eigenvalue weighted by Gasteiger charge is 2.26. The first-order chi connectivity index (χ1) is 11.9. The van der Waals surface area contributed by atoms with Gasteiger partial charge in [-0.15, -0.1) is 0 Å². The van der Waals surface area contributed by atoms with E-state index in [4.69, 9.17) is 4.74 Å². The number of nitrogens with zero attached hydrogens (tertiary/aromatic N) is 2. The third-order valence-electron chi connectivity index (χ3n) is 4.28. The predicted molar refractivity (Wildman–Crippen MR) is 92.7 cm³/mol. The Morgan fingerprint density at radius 3 is 2.76 bits per heavy atom. The van der Waals surface area contributed by atoms with Gasteiger partial charge in [-0.1, -0.05) is 24.3 Å². The van der Waals surface area contributed by atoms with Crippen LogP contribution in [0.4, 0.5) is 13.2 Å². The van der Waals surface area contributed by atoms with Crippen LogP contribution in [0.1, 0.15) is 36.5 Å². The lowest BCUT2D eigenvalue weighted by atomic mass is 10.0. The van der Waals surface area contributed by atoms with Crippen molar-refractivity contribution in [2.24, 2.45) is 4.99 Å². The molecule has 0 bridgehead atoms. The van der Waals surface area contributed by atoms with Crippen LogP contribution in [0.3, 0.4) is 0 Å². The fourth-order valence-corrected chi connectivity index (χ4v) is 2.96. The van der Waals surface area contributed by atoms with E-state index in [1.165, 1.54) is 5.56 Å². The standard InChI is InChI=1S/C18H26F3N3O/c1-14-7-3-4-8-15(14)16-13-24(11-12-25-16)17(22-2)23-10-6-5-9-18(19,20)21/h3-4,7-8,16H,5-6,9-13H2,1-2H3,(H,22,23). The first-order valence-corrected chi connectivity index (χ1v) is 8.60. The van der Waals surface area contributed by atoms with E-state index >= 15 is 0 Å². The fraction of sp³-hybridized carbons (Fsp3) is 0.611. The Bertz CT molecular complexity index is 575. The number of rotatable bonds is 5. The minimum absolute atomic E-state index is 0.0290. The van der Waals surface area contributed by atoms with E-state index in [1.54, 1.807) is 7.05 Å². The maximum atomic E-state index is 12.2. The van der Waals surface area contributed by atoms with Crippen LogP contribution in [-0.4, -0.2) is 50.3 Å². The number of aliphatic imine (C=N–C) groups is 1. The van der Waals surface area contributed by atoms with Crippen LogP contribution in [0.5, 0.6) is 0 Å². The number of hydrogen-bond donors (Lipinski definition) is 1. The number of hydrogen-bond acceptors (Lipinski definition) is 2. The zero-order chi connectivity index (χ0) is 18.3. The van der Waals surface area contributed by atoms with E-state index in [-0.39, 0.29) is 12.5 Å². The Morgan fingerprint density at radius 1 is 1.32 bits per heavy atom. The van der Waals surface area contributed by atoms with Crippen molar-refractivity contribution in [3.63, 3.8) is 0 Å². The summed E-state index contributed by atoms with van der Waals surface area (Å²) in [7, 11) is 1.69. The molecule has 1 N–H and O–H groups in total. The summed E-state index contributed by atoms with van der Waals surface area (Å²) >= 11 is 0. The van der Waals surface area contributed by atoms with E-state index in [2.05, 4.69) is 34.3 Å². The highest BCUT2D eigenvalue weighted by Crippen LogP contribution is 2.25. The SMILES string of the molecule is CN=C(NCCCCC(F)(F)F)N1CCOC(c2ccccc2C)C1. The average molecular weight is 357 g/mol. The molecule has 0 radical (unpaired) electrons. The molecule has 1 aromatic carbocycles. The molecule has 1 saturated heterocycles. The van der Waals surface area contributed by atoms with Gasteiger partial charge in [0.15, 0.2) is 5.96 Å². The van der Waals surface area contributed by atoms with Crippen molar-refractivity contribution in [3.05, 3.63) is 35.4 Å². The molecule has 1 aliphatic rings. The van der Waals surface area contributed by atoms with Gasteiger partial charge in [0, 0.05) is 26.6 Å². The first-order valence-electron chi connectivity index (χ1n) is 8.60. The maximum Gasteiger partial charge on any atom is 0.389 e. The number of guanidine groups is 1. The van der Waals surface area contributed by atoms with Gasteiger partial charge in [0.2, 0.25) is 0 Å². The molecule has 1 heterocycles. The van der Waals surface area contributed by atoms with Crippen molar-refractivity contribution in [1.82, 2.24) is 10.2 Å². The number of morpholine rings is 1. The van der Waals surface area contributed by atoms with Crippen molar-refractivity contribution in [2.45, 2.75) is 38.5 Å². The number of halogens is 3. The summed E-state index contributed by atoms with van der Waals surface area (Å²) in [4.78, 5) is 6.36. The predicted octanol–water partition coefficient (Wildman–Crippen LogP) is 3.68. The summed E-state index contributed by atoms with van der Waals surface area (Å²) in [5.74, 6) is 0.717. The van der Waals surface area contributed by atoms with Crippen molar-refractivity contribution in [3.8, 4) is 0 Å². The minimum atomic E-state index is -4.08. The second-order valence-corrected chi connectivity index (χ2v) is 6.21. The van der Waals surface area contributed by atoms with Crippen LogP contribution in [0.2, 0.25) is 0 Å². The van der Waals surface area contributed by atoms with Gasteiger partial charge in [-0.2, -0.15) is 13.2 Å². The molecule has 2 rings (SSSR count). The van der Waals surface area contributed by atoms with Crippen LogP contribution in [0.15, 0.2) is 29.3 Å². The van der Waals surface area contributed by atoms with Crippen molar-refractivity contribution in [2.75, 3.05) is 33.3 Å². The smallest absolute Gasteiger partial charge is 0.370 e. The second kappa shape index (κ2) is 9.08. The lowest BCUT2D eigenvalue weighted by molar-refractivity contribution is -0.135. The molecule has 7 heteroatoms. The fourth-order valence-electron chi connectivity index (χ4n) is 2.96. The van der Waals surface area contributed by atoms with E-state index in [1.807, 2.05) is 12.1 Å². The average Bonchev–Trinajstić information content (AvgIpc) is 2.58.